The molecule has 0 radical (unpaired) electrons. The average molecular weight is 369 g/mol. The maximum absolute atomic E-state index is 5.42. The van der Waals surface area contributed by atoms with Crippen LogP contribution in [0.2, 0.25) is 0 Å². The van der Waals surface area contributed by atoms with E-state index in [0.29, 0.717) is 5.92 Å². The van der Waals surface area contributed by atoms with Crippen LogP contribution in [0.25, 0.3) is 39.1 Å². The van der Waals surface area contributed by atoms with Gasteiger partial charge < -0.3 is 9.51 Å². The molecule has 0 aliphatic heterocycles. The Morgan fingerprint density at radius 2 is 2.07 bits per heavy atom. The van der Waals surface area contributed by atoms with E-state index in [0.717, 1.165) is 56.3 Å². The maximum atomic E-state index is 5.42. The molecule has 5 aromatic rings. The number of fused-ring (bicyclic) bond motifs is 2. The molecule has 4 heterocycles. The zero-order valence-electron chi connectivity index (χ0n) is 15.7. The second-order valence-electron chi connectivity index (χ2n) is 7.59. The Bertz CT molecular complexity index is 1330. The van der Waals surface area contributed by atoms with Crippen LogP contribution >= 0.6 is 0 Å². The molecule has 6 nitrogen and oxygen atoms in total. The normalized spacial score (nSPS) is 14.4. The van der Waals surface area contributed by atoms with Crippen LogP contribution in [0.1, 0.15) is 36.0 Å². The van der Waals surface area contributed by atoms with Crippen molar-refractivity contribution in [3.63, 3.8) is 0 Å². The summed E-state index contributed by atoms with van der Waals surface area (Å²) < 4.78 is 7.53. The van der Waals surface area contributed by atoms with Gasteiger partial charge in [-0.3, -0.25) is 4.40 Å². The van der Waals surface area contributed by atoms with Crippen LogP contribution in [0.3, 0.4) is 0 Å². The zero-order chi connectivity index (χ0) is 18.8. The molecular weight excluding hydrogens is 350 g/mol. The number of pyridine rings is 1. The lowest BCUT2D eigenvalue weighted by atomic mass is 9.99. The van der Waals surface area contributed by atoms with E-state index in [-0.39, 0.29) is 0 Å². The average Bonchev–Trinajstić information content (AvgIpc) is 3.17. The highest BCUT2D eigenvalue weighted by Crippen LogP contribution is 2.41. The van der Waals surface area contributed by atoms with Crippen molar-refractivity contribution < 1.29 is 4.52 Å². The number of nitrogens with zero attached hydrogens (tertiary/aromatic N) is 4. The molecule has 0 spiro atoms. The number of aromatic amines is 1. The number of benzene rings is 1. The number of aromatic nitrogens is 5. The molecule has 0 amide bonds. The van der Waals surface area contributed by atoms with E-state index in [4.69, 9.17) is 9.51 Å². The van der Waals surface area contributed by atoms with Gasteiger partial charge in [-0.25, -0.2) is 9.97 Å². The molecule has 28 heavy (non-hydrogen) atoms. The van der Waals surface area contributed by atoms with E-state index in [1.807, 2.05) is 44.4 Å². The van der Waals surface area contributed by atoms with Crippen molar-refractivity contribution in [2.45, 2.75) is 32.6 Å². The van der Waals surface area contributed by atoms with E-state index in [1.54, 1.807) is 0 Å². The van der Waals surface area contributed by atoms with Crippen molar-refractivity contribution in [2.24, 2.45) is 0 Å². The summed E-state index contributed by atoms with van der Waals surface area (Å²) in [5.41, 5.74) is 8.06. The van der Waals surface area contributed by atoms with Gasteiger partial charge in [0.05, 0.1) is 28.6 Å². The Hall–Kier alpha value is -3.41. The summed E-state index contributed by atoms with van der Waals surface area (Å²) in [6, 6.07) is 10.4. The fraction of sp³-hybridized carbons (Fsp3) is 0.227. The van der Waals surface area contributed by atoms with Crippen LogP contribution in [0, 0.1) is 13.8 Å². The Morgan fingerprint density at radius 3 is 2.86 bits per heavy atom. The summed E-state index contributed by atoms with van der Waals surface area (Å²) in [7, 11) is 0. The van der Waals surface area contributed by atoms with Crippen LogP contribution in [-0.2, 0) is 0 Å². The SMILES string of the molecule is Cc1noc(C)c1-c1cc(-c2cnc3ccccn23)c2nc(C3CC3)[nH]c2c1. The standard InChI is InChI=1S/C22H19N5O/c1-12-20(13(2)28-26-12)15-9-16(18-11-23-19-5-3-4-8-27(18)19)21-17(10-15)24-22(25-21)14-6-7-14/h3-5,8-11,14H,6-7H2,1-2H3,(H,24,25). The first-order valence-corrected chi connectivity index (χ1v) is 9.58. The summed E-state index contributed by atoms with van der Waals surface area (Å²) in [4.78, 5) is 13.1. The summed E-state index contributed by atoms with van der Waals surface area (Å²) >= 11 is 0. The van der Waals surface area contributed by atoms with E-state index in [9.17, 15) is 0 Å². The van der Waals surface area contributed by atoms with Crippen molar-refractivity contribution in [1.82, 2.24) is 24.5 Å². The molecule has 1 saturated carbocycles. The van der Waals surface area contributed by atoms with Crippen LogP contribution < -0.4 is 0 Å². The third-order valence-electron chi connectivity index (χ3n) is 5.58. The number of rotatable bonds is 3. The lowest BCUT2D eigenvalue weighted by Gasteiger charge is -2.07. The molecule has 0 bridgehead atoms. The first-order valence-electron chi connectivity index (χ1n) is 9.58. The first kappa shape index (κ1) is 15.6. The van der Waals surface area contributed by atoms with Crippen molar-refractivity contribution in [3.8, 4) is 22.4 Å². The van der Waals surface area contributed by atoms with E-state index in [2.05, 4.69) is 31.7 Å². The number of imidazole rings is 2. The molecule has 1 fully saturated rings. The summed E-state index contributed by atoms with van der Waals surface area (Å²) in [6.45, 7) is 3.93. The Morgan fingerprint density at radius 1 is 1.18 bits per heavy atom. The maximum Gasteiger partial charge on any atom is 0.141 e. The van der Waals surface area contributed by atoms with Gasteiger partial charge in [-0.15, -0.1) is 0 Å². The molecular formula is C22H19N5O. The van der Waals surface area contributed by atoms with E-state index < -0.39 is 0 Å². The minimum atomic E-state index is 0.560. The van der Waals surface area contributed by atoms with Gasteiger partial charge in [-0.1, -0.05) is 11.2 Å². The van der Waals surface area contributed by atoms with Crippen molar-refractivity contribution in [1.29, 1.82) is 0 Å². The number of aryl methyl sites for hydroxylation is 2. The molecule has 4 aromatic heterocycles. The molecule has 6 rings (SSSR count). The van der Waals surface area contributed by atoms with Gasteiger partial charge in [0.15, 0.2) is 0 Å². The molecule has 138 valence electrons. The van der Waals surface area contributed by atoms with Gasteiger partial charge in [0, 0.05) is 23.2 Å². The predicted octanol–water partition coefficient (Wildman–Crippen LogP) is 5.03. The fourth-order valence-corrected chi connectivity index (χ4v) is 4.05. The predicted molar refractivity (Wildman–Crippen MR) is 107 cm³/mol. The summed E-state index contributed by atoms with van der Waals surface area (Å²) in [6.07, 6.45) is 6.39. The fourth-order valence-electron chi connectivity index (χ4n) is 4.05. The smallest absolute Gasteiger partial charge is 0.141 e. The Balaban J connectivity index is 1.68. The van der Waals surface area contributed by atoms with Gasteiger partial charge in [-0.2, -0.15) is 0 Å². The zero-order valence-corrected chi connectivity index (χ0v) is 15.7. The number of hydrogen-bond donors (Lipinski definition) is 1. The highest BCUT2D eigenvalue weighted by molar-refractivity contribution is 5.96. The minimum absolute atomic E-state index is 0.560. The number of H-pyrrole nitrogens is 1. The molecule has 0 saturated heterocycles. The van der Waals surface area contributed by atoms with Crippen LogP contribution in [0.4, 0.5) is 0 Å². The lowest BCUT2D eigenvalue weighted by Crippen LogP contribution is -1.91. The second kappa shape index (κ2) is 5.55. The molecule has 1 aromatic carbocycles. The van der Waals surface area contributed by atoms with Crippen LogP contribution in [0.5, 0.6) is 0 Å². The van der Waals surface area contributed by atoms with Gasteiger partial charge in [0.1, 0.15) is 17.2 Å². The summed E-state index contributed by atoms with van der Waals surface area (Å²) in [5.74, 6) is 2.47. The molecule has 1 aliphatic carbocycles. The second-order valence-corrected chi connectivity index (χ2v) is 7.59. The van der Waals surface area contributed by atoms with Gasteiger partial charge >= 0.3 is 0 Å². The summed E-state index contributed by atoms with van der Waals surface area (Å²) in [5, 5.41) is 4.14. The molecule has 1 aliphatic rings. The third kappa shape index (κ3) is 2.24. The van der Waals surface area contributed by atoms with Crippen LogP contribution in [0.15, 0.2) is 47.2 Å². The molecule has 6 heteroatoms. The van der Waals surface area contributed by atoms with E-state index in [1.165, 1.54) is 12.8 Å². The van der Waals surface area contributed by atoms with Crippen molar-refractivity contribution >= 4 is 16.7 Å². The molecule has 0 unspecified atom stereocenters. The Kier molecular flexibility index (Phi) is 3.10. The number of nitrogens with one attached hydrogen (secondary N) is 1. The van der Waals surface area contributed by atoms with Gasteiger partial charge in [-0.05, 0) is 56.5 Å². The number of hydrogen-bond acceptors (Lipinski definition) is 4. The minimum Gasteiger partial charge on any atom is -0.361 e. The van der Waals surface area contributed by atoms with Crippen LogP contribution in [-0.4, -0.2) is 24.5 Å². The topological polar surface area (TPSA) is 72.0 Å². The highest BCUT2D eigenvalue weighted by Gasteiger charge is 2.28. The first-order chi connectivity index (χ1) is 13.7. The Labute approximate surface area is 161 Å². The van der Waals surface area contributed by atoms with Crippen molar-refractivity contribution in [3.05, 3.63) is 60.0 Å². The molecule has 1 N–H and O–H groups in total. The van der Waals surface area contributed by atoms with Crippen molar-refractivity contribution in [2.75, 3.05) is 0 Å². The molecule has 0 atom stereocenters. The van der Waals surface area contributed by atoms with E-state index >= 15 is 0 Å². The van der Waals surface area contributed by atoms with Gasteiger partial charge in [0.2, 0.25) is 0 Å². The van der Waals surface area contributed by atoms with Gasteiger partial charge in [0.25, 0.3) is 0 Å². The third-order valence-corrected chi connectivity index (χ3v) is 5.58. The quantitative estimate of drug-likeness (QED) is 0.484. The highest BCUT2D eigenvalue weighted by atomic mass is 16.5. The lowest BCUT2D eigenvalue weighted by molar-refractivity contribution is 0.393. The largest absolute Gasteiger partial charge is 0.361 e. The monoisotopic (exact) mass is 369 g/mol.